The molecular weight excluding hydrogens is 370 g/mol. The lowest BCUT2D eigenvalue weighted by Crippen LogP contribution is -2.27. The van der Waals surface area contributed by atoms with Gasteiger partial charge in [0.2, 0.25) is 11.7 Å². The SMILES string of the molecule is CCc1cc(C(=O)N[C@@H](C)c2nc(-c3cccc(C)c3)no2)c2c(C)noc2n1. The van der Waals surface area contributed by atoms with Crippen LogP contribution in [-0.2, 0) is 6.42 Å². The lowest BCUT2D eigenvalue weighted by molar-refractivity contribution is 0.0934. The molecule has 148 valence electrons. The molecule has 3 aromatic heterocycles. The first-order chi connectivity index (χ1) is 14.0. The molecule has 0 aliphatic rings. The van der Waals surface area contributed by atoms with Crippen LogP contribution < -0.4 is 5.32 Å². The fourth-order valence-corrected chi connectivity index (χ4v) is 3.15. The van der Waals surface area contributed by atoms with Crippen molar-refractivity contribution >= 4 is 17.0 Å². The third kappa shape index (κ3) is 3.61. The summed E-state index contributed by atoms with van der Waals surface area (Å²) in [5.74, 6) is 0.540. The van der Waals surface area contributed by atoms with Crippen molar-refractivity contribution in [3.8, 4) is 11.4 Å². The molecule has 8 nitrogen and oxygen atoms in total. The molecule has 0 saturated carbocycles. The van der Waals surface area contributed by atoms with Crippen molar-refractivity contribution in [1.82, 2.24) is 25.6 Å². The van der Waals surface area contributed by atoms with Gasteiger partial charge in [-0.2, -0.15) is 4.98 Å². The third-order valence-electron chi connectivity index (χ3n) is 4.71. The summed E-state index contributed by atoms with van der Waals surface area (Å²) >= 11 is 0. The third-order valence-corrected chi connectivity index (χ3v) is 4.71. The molecular formula is C21H21N5O3. The van der Waals surface area contributed by atoms with E-state index in [4.69, 9.17) is 9.05 Å². The molecule has 4 aromatic rings. The largest absolute Gasteiger partial charge is 0.340 e. The zero-order chi connectivity index (χ0) is 20.5. The summed E-state index contributed by atoms with van der Waals surface area (Å²) < 4.78 is 10.6. The number of nitrogens with one attached hydrogen (secondary N) is 1. The van der Waals surface area contributed by atoms with Crippen molar-refractivity contribution in [2.45, 2.75) is 40.2 Å². The van der Waals surface area contributed by atoms with Crippen LogP contribution in [0.5, 0.6) is 0 Å². The fourth-order valence-electron chi connectivity index (χ4n) is 3.15. The van der Waals surface area contributed by atoms with Crippen LogP contribution >= 0.6 is 0 Å². The molecule has 8 heteroatoms. The number of aryl methyl sites for hydroxylation is 3. The molecule has 0 unspecified atom stereocenters. The van der Waals surface area contributed by atoms with E-state index in [2.05, 4.69) is 25.6 Å². The highest BCUT2D eigenvalue weighted by atomic mass is 16.5. The molecule has 0 saturated heterocycles. The minimum atomic E-state index is -0.470. The number of carbonyl (C=O) groups is 1. The second-order valence-corrected chi connectivity index (χ2v) is 6.98. The maximum atomic E-state index is 13.0. The molecule has 0 spiro atoms. The predicted octanol–water partition coefficient (Wildman–Crippen LogP) is 3.94. The Morgan fingerprint density at radius 1 is 1.14 bits per heavy atom. The number of nitrogens with zero attached hydrogens (tertiary/aromatic N) is 4. The van der Waals surface area contributed by atoms with Crippen molar-refractivity contribution < 1.29 is 13.8 Å². The number of pyridine rings is 1. The van der Waals surface area contributed by atoms with E-state index in [0.717, 1.165) is 16.8 Å². The molecule has 0 aliphatic carbocycles. The van der Waals surface area contributed by atoms with Crippen molar-refractivity contribution in [1.29, 1.82) is 0 Å². The van der Waals surface area contributed by atoms with Gasteiger partial charge < -0.3 is 14.4 Å². The van der Waals surface area contributed by atoms with Crippen molar-refractivity contribution in [2.75, 3.05) is 0 Å². The van der Waals surface area contributed by atoms with Gasteiger partial charge in [-0.1, -0.05) is 41.0 Å². The molecule has 0 aliphatic heterocycles. The highest BCUT2D eigenvalue weighted by Gasteiger charge is 2.22. The van der Waals surface area contributed by atoms with Crippen LogP contribution in [0.2, 0.25) is 0 Å². The van der Waals surface area contributed by atoms with Gasteiger partial charge >= 0.3 is 0 Å². The summed E-state index contributed by atoms with van der Waals surface area (Å²) in [6.07, 6.45) is 0.676. The molecule has 1 aromatic carbocycles. The normalized spacial score (nSPS) is 12.3. The monoisotopic (exact) mass is 391 g/mol. The van der Waals surface area contributed by atoms with Gasteiger partial charge in [0.1, 0.15) is 6.04 Å². The zero-order valence-corrected chi connectivity index (χ0v) is 16.7. The average Bonchev–Trinajstić information content (AvgIpc) is 3.35. The van der Waals surface area contributed by atoms with E-state index < -0.39 is 6.04 Å². The second-order valence-electron chi connectivity index (χ2n) is 6.98. The molecule has 0 radical (unpaired) electrons. The first kappa shape index (κ1) is 18.8. The van der Waals surface area contributed by atoms with Crippen LogP contribution in [0.4, 0.5) is 0 Å². The second kappa shape index (κ2) is 7.46. The first-order valence-corrected chi connectivity index (χ1v) is 9.43. The quantitative estimate of drug-likeness (QED) is 0.549. The number of benzene rings is 1. The number of amides is 1. The van der Waals surface area contributed by atoms with E-state index in [1.807, 2.05) is 38.1 Å². The van der Waals surface area contributed by atoms with E-state index in [1.165, 1.54) is 0 Å². The molecule has 3 heterocycles. The summed E-state index contributed by atoms with van der Waals surface area (Å²) in [7, 11) is 0. The van der Waals surface area contributed by atoms with Crippen molar-refractivity contribution in [3.05, 3.63) is 58.7 Å². The molecule has 1 atom stereocenters. The van der Waals surface area contributed by atoms with E-state index >= 15 is 0 Å². The number of hydrogen-bond donors (Lipinski definition) is 1. The Labute approximate surface area is 167 Å². The van der Waals surface area contributed by atoms with Gasteiger partial charge in [0.05, 0.1) is 16.6 Å². The number of fused-ring (bicyclic) bond motifs is 1. The van der Waals surface area contributed by atoms with E-state index in [9.17, 15) is 4.79 Å². The molecule has 0 fully saturated rings. The minimum absolute atomic E-state index is 0.277. The van der Waals surface area contributed by atoms with Crippen LogP contribution in [0, 0.1) is 13.8 Å². The van der Waals surface area contributed by atoms with Gasteiger partial charge in [-0.05, 0) is 39.3 Å². The molecule has 1 N–H and O–H groups in total. The van der Waals surface area contributed by atoms with Crippen LogP contribution in [0.3, 0.4) is 0 Å². The predicted molar refractivity (Wildman–Crippen MR) is 106 cm³/mol. The Morgan fingerprint density at radius 2 is 1.97 bits per heavy atom. The van der Waals surface area contributed by atoms with Gasteiger partial charge in [0, 0.05) is 11.3 Å². The summed E-state index contributed by atoms with van der Waals surface area (Å²) in [6, 6.07) is 9.13. The molecule has 4 rings (SSSR count). The number of aromatic nitrogens is 4. The standard InChI is InChI=1S/C21H21N5O3/c1-5-15-10-16(17-12(3)25-29-21(17)23-15)19(27)22-13(4)20-24-18(26-28-20)14-8-6-7-11(2)9-14/h6-10,13H,5H2,1-4H3,(H,22,27)/t13-/m0/s1. The van der Waals surface area contributed by atoms with Gasteiger partial charge in [-0.25, -0.2) is 4.98 Å². The van der Waals surface area contributed by atoms with Gasteiger partial charge in [-0.15, -0.1) is 0 Å². The van der Waals surface area contributed by atoms with Crippen LogP contribution in [0.25, 0.3) is 22.5 Å². The van der Waals surface area contributed by atoms with Gasteiger partial charge in [-0.3, -0.25) is 4.79 Å². The van der Waals surface area contributed by atoms with Crippen LogP contribution in [-0.4, -0.2) is 26.2 Å². The molecule has 1 amide bonds. The number of hydrogen-bond acceptors (Lipinski definition) is 7. The van der Waals surface area contributed by atoms with Crippen LogP contribution in [0.15, 0.2) is 39.4 Å². The fraction of sp³-hybridized carbons (Fsp3) is 0.286. The van der Waals surface area contributed by atoms with E-state index in [0.29, 0.717) is 40.5 Å². The summed E-state index contributed by atoms with van der Waals surface area (Å²) in [5, 5.41) is 11.5. The highest BCUT2D eigenvalue weighted by molar-refractivity contribution is 6.06. The van der Waals surface area contributed by atoms with Gasteiger partial charge in [0.15, 0.2) is 0 Å². The average molecular weight is 391 g/mol. The molecule has 29 heavy (non-hydrogen) atoms. The lowest BCUT2D eigenvalue weighted by Gasteiger charge is -2.11. The highest BCUT2D eigenvalue weighted by Crippen LogP contribution is 2.24. The van der Waals surface area contributed by atoms with Crippen molar-refractivity contribution in [3.63, 3.8) is 0 Å². The van der Waals surface area contributed by atoms with E-state index in [-0.39, 0.29) is 5.91 Å². The smallest absolute Gasteiger partial charge is 0.258 e. The van der Waals surface area contributed by atoms with Crippen molar-refractivity contribution in [2.24, 2.45) is 0 Å². The lowest BCUT2D eigenvalue weighted by atomic mass is 10.1. The summed E-state index contributed by atoms with van der Waals surface area (Å²) in [5.41, 5.74) is 4.17. The Balaban J connectivity index is 1.59. The molecule has 0 bridgehead atoms. The maximum Gasteiger partial charge on any atom is 0.258 e. The minimum Gasteiger partial charge on any atom is -0.340 e. The Bertz CT molecular complexity index is 1190. The Hall–Kier alpha value is -3.55. The topological polar surface area (TPSA) is 107 Å². The van der Waals surface area contributed by atoms with Crippen LogP contribution in [0.1, 0.15) is 53.1 Å². The number of rotatable bonds is 5. The van der Waals surface area contributed by atoms with Gasteiger partial charge in [0.25, 0.3) is 11.6 Å². The maximum absolute atomic E-state index is 13.0. The Morgan fingerprint density at radius 3 is 2.72 bits per heavy atom. The summed E-state index contributed by atoms with van der Waals surface area (Å²) in [4.78, 5) is 21.8. The first-order valence-electron chi connectivity index (χ1n) is 9.43. The zero-order valence-electron chi connectivity index (χ0n) is 16.7. The Kier molecular flexibility index (Phi) is 4.84. The summed E-state index contributed by atoms with van der Waals surface area (Å²) in [6.45, 7) is 7.55. The van der Waals surface area contributed by atoms with E-state index in [1.54, 1.807) is 19.9 Å². The number of carbonyl (C=O) groups excluding carboxylic acids is 1.